The van der Waals surface area contributed by atoms with Gasteiger partial charge in [0.1, 0.15) is 5.76 Å². The molecule has 2 amide bonds. The minimum Gasteiger partial charge on any atom is -0.467 e. The molecule has 0 bridgehead atoms. The number of hydrogen-bond acceptors (Lipinski definition) is 5. The van der Waals surface area contributed by atoms with Crippen molar-refractivity contribution in [1.29, 1.82) is 5.26 Å². The highest BCUT2D eigenvalue weighted by molar-refractivity contribution is 8.00. The maximum Gasteiger partial charge on any atom is 0.254 e. The van der Waals surface area contributed by atoms with Gasteiger partial charge < -0.3 is 14.6 Å². The summed E-state index contributed by atoms with van der Waals surface area (Å²) in [5.74, 6) is 0.763. The molecule has 0 saturated heterocycles. The summed E-state index contributed by atoms with van der Waals surface area (Å²) < 4.78 is 5.30. The van der Waals surface area contributed by atoms with E-state index >= 15 is 0 Å². The topological polar surface area (TPSA) is 86.3 Å². The smallest absolute Gasteiger partial charge is 0.254 e. The van der Waals surface area contributed by atoms with Crippen LogP contribution >= 0.6 is 11.8 Å². The number of amides is 2. The summed E-state index contributed by atoms with van der Waals surface area (Å²) >= 11 is 1.45. The average molecular weight is 341 g/mol. The molecular weight excluding hydrogens is 326 g/mol. The van der Waals surface area contributed by atoms with Gasteiger partial charge in [0.05, 0.1) is 36.7 Å². The Morgan fingerprint density at radius 2 is 2.29 bits per heavy atom. The van der Waals surface area contributed by atoms with Crippen molar-refractivity contribution in [1.82, 2.24) is 4.90 Å². The second kappa shape index (κ2) is 7.23. The number of nitrogens with zero attached hydrogens (tertiary/aromatic N) is 2. The Morgan fingerprint density at radius 3 is 3.04 bits per heavy atom. The lowest BCUT2D eigenvalue weighted by molar-refractivity contribution is -0.113. The van der Waals surface area contributed by atoms with E-state index in [4.69, 9.17) is 9.68 Å². The molecule has 7 heteroatoms. The molecular formula is C17H15N3O3S. The minimum absolute atomic E-state index is 0.0750. The van der Waals surface area contributed by atoms with E-state index < -0.39 is 0 Å². The molecule has 3 rings (SSSR count). The predicted octanol–water partition coefficient (Wildman–Crippen LogP) is 2.88. The van der Waals surface area contributed by atoms with E-state index in [-0.39, 0.29) is 18.2 Å². The lowest BCUT2D eigenvalue weighted by Gasteiger charge is -2.22. The largest absolute Gasteiger partial charge is 0.467 e. The van der Waals surface area contributed by atoms with Crippen LogP contribution in [0.5, 0.6) is 0 Å². The van der Waals surface area contributed by atoms with Gasteiger partial charge in [-0.05, 0) is 30.3 Å². The number of carbonyl (C=O) groups is 2. The molecule has 0 spiro atoms. The fraction of sp³-hybridized carbons (Fsp3) is 0.235. The third-order valence-corrected chi connectivity index (χ3v) is 4.64. The lowest BCUT2D eigenvalue weighted by Crippen LogP contribution is -2.31. The van der Waals surface area contributed by atoms with Crippen molar-refractivity contribution in [3.05, 3.63) is 47.9 Å². The second-order valence-electron chi connectivity index (χ2n) is 5.26. The zero-order chi connectivity index (χ0) is 16.9. The van der Waals surface area contributed by atoms with Gasteiger partial charge in [-0.2, -0.15) is 5.26 Å². The number of anilines is 1. The van der Waals surface area contributed by atoms with Crippen LogP contribution in [0.15, 0.2) is 45.9 Å². The van der Waals surface area contributed by atoms with Crippen molar-refractivity contribution in [2.75, 3.05) is 17.6 Å². The molecule has 6 nitrogen and oxygen atoms in total. The summed E-state index contributed by atoms with van der Waals surface area (Å²) in [5.41, 5.74) is 1.13. The van der Waals surface area contributed by atoms with Gasteiger partial charge in [-0.15, -0.1) is 11.8 Å². The van der Waals surface area contributed by atoms with Gasteiger partial charge in [0.2, 0.25) is 5.91 Å². The summed E-state index contributed by atoms with van der Waals surface area (Å²) in [6.07, 6.45) is 1.79. The first-order valence-electron chi connectivity index (χ1n) is 7.42. The van der Waals surface area contributed by atoms with E-state index in [9.17, 15) is 9.59 Å². The standard InChI is InChI=1S/C17H15N3O3S/c18-6-2-7-20(10-13-3-1-8-23-13)17(22)12-4-5-15-14(9-12)19-16(21)11-24-15/h1,3-5,8-9H,2,7,10-11H2,(H,19,21). The Labute approximate surface area is 143 Å². The summed E-state index contributed by atoms with van der Waals surface area (Å²) in [5, 5.41) is 11.6. The molecule has 1 N–H and O–H groups in total. The normalized spacial score (nSPS) is 12.9. The number of fused-ring (bicyclic) bond motifs is 1. The molecule has 0 radical (unpaired) electrons. The molecule has 0 saturated carbocycles. The molecule has 2 aromatic rings. The number of carbonyl (C=O) groups excluding carboxylic acids is 2. The van der Waals surface area contributed by atoms with Crippen molar-refractivity contribution in [3.63, 3.8) is 0 Å². The van der Waals surface area contributed by atoms with E-state index in [1.807, 2.05) is 6.07 Å². The van der Waals surface area contributed by atoms with Gasteiger partial charge >= 0.3 is 0 Å². The van der Waals surface area contributed by atoms with Crippen LogP contribution in [-0.4, -0.2) is 29.0 Å². The molecule has 1 aliphatic heterocycles. The van der Waals surface area contributed by atoms with Gasteiger partial charge in [-0.1, -0.05) is 0 Å². The van der Waals surface area contributed by atoms with Crippen molar-refractivity contribution in [3.8, 4) is 6.07 Å². The van der Waals surface area contributed by atoms with Crippen molar-refractivity contribution >= 4 is 29.3 Å². The molecule has 1 aromatic heterocycles. The monoisotopic (exact) mass is 341 g/mol. The first kappa shape index (κ1) is 16.1. The summed E-state index contributed by atoms with van der Waals surface area (Å²) in [4.78, 5) is 26.8. The van der Waals surface area contributed by atoms with Crippen LogP contribution in [0, 0.1) is 11.3 Å². The fourth-order valence-electron chi connectivity index (χ4n) is 2.43. The summed E-state index contributed by atoms with van der Waals surface area (Å²) in [6.45, 7) is 0.611. The molecule has 1 aromatic carbocycles. The first-order valence-corrected chi connectivity index (χ1v) is 8.41. The van der Waals surface area contributed by atoms with Gasteiger partial charge in [-0.25, -0.2) is 0 Å². The van der Waals surface area contributed by atoms with Crippen LogP contribution in [-0.2, 0) is 11.3 Å². The van der Waals surface area contributed by atoms with Crippen molar-refractivity contribution in [2.45, 2.75) is 17.9 Å². The SMILES string of the molecule is N#CCCN(Cc1ccco1)C(=O)c1ccc2c(c1)NC(=O)CS2. The number of benzene rings is 1. The Balaban J connectivity index is 1.82. The Bertz CT molecular complexity index is 796. The maximum absolute atomic E-state index is 12.8. The van der Waals surface area contributed by atoms with E-state index in [2.05, 4.69) is 11.4 Å². The quantitative estimate of drug-likeness (QED) is 0.903. The highest BCUT2D eigenvalue weighted by Crippen LogP contribution is 2.32. The van der Waals surface area contributed by atoms with Gasteiger partial charge in [0.25, 0.3) is 5.91 Å². The Hall–Kier alpha value is -2.72. The first-order chi connectivity index (χ1) is 11.7. The highest BCUT2D eigenvalue weighted by Gasteiger charge is 2.21. The zero-order valence-electron chi connectivity index (χ0n) is 12.8. The summed E-state index contributed by atoms with van der Waals surface area (Å²) in [7, 11) is 0. The number of nitrogens with one attached hydrogen (secondary N) is 1. The molecule has 0 atom stereocenters. The molecule has 1 aliphatic rings. The number of hydrogen-bond donors (Lipinski definition) is 1. The minimum atomic E-state index is -0.200. The van der Waals surface area contributed by atoms with Crippen LogP contribution in [0.25, 0.3) is 0 Å². The van der Waals surface area contributed by atoms with Crippen LogP contribution in [0.2, 0.25) is 0 Å². The van der Waals surface area contributed by atoms with Crippen LogP contribution < -0.4 is 5.32 Å². The van der Waals surface area contributed by atoms with Gasteiger partial charge in [0, 0.05) is 17.0 Å². The van der Waals surface area contributed by atoms with Crippen LogP contribution in [0.3, 0.4) is 0 Å². The highest BCUT2D eigenvalue weighted by atomic mass is 32.2. The van der Waals surface area contributed by atoms with E-state index in [0.717, 1.165) is 4.90 Å². The average Bonchev–Trinajstić information content (AvgIpc) is 3.10. The number of thioether (sulfide) groups is 1. The molecule has 122 valence electrons. The second-order valence-corrected chi connectivity index (χ2v) is 6.28. The molecule has 0 aliphatic carbocycles. The van der Waals surface area contributed by atoms with E-state index in [0.29, 0.717) is 35.9 Å². The van der Waals surface area contributed by atoms with E-state index in [1.165, 1.54) is 11.8 Å². The van der Waals surface area contributed by atoms with Crippen molar-refractivity contribution in [2.24, 2.45) is 0 Å². The Morgan fingerprint density at radius 1 is 1.42 bits per heavy atom. The molecule has 0 unspecified atom stereocenters. The van der Waals surface area contributed by atoms with Crippen LogP contribution in [0.4, 0.5) is 5.69 Å². The third-order valence-electron chi connectivity index (χ3n) is 3.57. The molecule has 2 heterocycles. The van der Waals surface area contributed by atoms with E-state index in [1.54, 1.807) is 35.4 Å². The maximum atomic E-state index is 12.8. The molecule has 0 fully saturated rings. The number of furan rings is 1. The number of rotatable bonds is 5. The summed E-state index contributed by atoms with van der Waals surface area (Å²) in [6, 6.07) is 10.9. The third kappa shape index (κ3) is 3.60. The fourth-order valence-corrected chi connectivity index (χ4v) is 3.22. The zero-order valence-corrected chi connectivity index (χ0v) is 13.6. The van der Waals surface area contributed by atoms with Crippen molar-refractivity contribution < 1.29 is 14.0 Å². The molecule has 24 heavy (non-hydrogen) atoms. The van der Waals surface area contributed by atoms with Gasteiger partial charge in [-0.3, -0.25) is 9.59 Å². The number of nitriles is 1. The lowest BCUT2D eigenvalue weighted by atomic mass is 10.1. The predicted molar refractivity (Wildman–Crippen MR) is 89.5 cm³/mol. The Kier molecular flexibility index (Phi) is 4.87. The van der Waals surface area contributed by atoms with Gasteiger partial charge in [0.15, 0.2) is 0 Å². The van der Waals surface area contributed by atoms with Crippen LogP contribution in [0.1, 0.15) is 22.5 Å².